The van der Waals surface area contributed by atoms with Crippen molar-refractivity contribution in [2.45, 2.75) is 32.5 Å². The van der Waals surface area contributed by atoms with Gasteiger partial charge in [0.1, 0.15) is 11.7 Å². The molecule has 0 saturated carbocycles. The lowest BCUT2D eigenvalue weighted by atomic mass is 10.00. The Bertz CT molecular complexity index is 1020. The van der Waals surface area contributed by atoms with E-state index in [1.54, 1.807) is 23.4 Å². The Morgan fingerprint density at radius 3 is 2.76 bits per heavy atom. The molecule has 1 aliphatic rings. The van der Waals surface area contributed by atoms with Gasteiger partial charge in [-0.3, -0.25) is 19.6 Å². The summed E-state index contributed by atoms with van der Waals surface area (Å²) in [5.74, 6) is 6.29. The Kier molecular flexibility index (Phi) is 8.99. The molecule has 3 heterocycles. The highest BCUT2D eigenvalue weighted by Crippen LogP contribution is 2.27. The zero-order chi connectivity index (χ0) is 24.7. The fourth-order valence-electron chi connectivity index (χ4n) is 3.83. The van der Waals surface area contributed by atoms with Gasteiger partial charge in [-0.1, -0.05) is 24.8 Å². The van der Waals surface area contributed by atoms with Crippen molar-refractivity contribution >= 4 is 5.91 Å². The van der Waals surface area contributed by atoms with Gasteiger partial charge >= 0.3 is 0 Å². The fraction of sp³-hybridized carbons (Fsp3) is 0.500. The van der Waals surface area contributed by atoms with Crippen LogP contribution in [0.2, 0.25) is 0 Å². The summed E-state index contributed by atoms with van der Waals surface area (Å²) in [6, 6.07) is 7.30. The highest BCUT2D eigenvalue weighted by atomic mass is 16.5. The average molecular weight is 466 g/mol. The number of hydrogen-bond donors (Lipinski definition) is 1. The van der Waals surface area contributed by atoms with Crippen LogP contribution in [0.15, 0.2) is 36.7 Å². The van der Waals surface area contributed by atoms with Crippen LogP contribution < -0.4 is 4.74 Å². The van der Waals surface area contributed by atoms with Crippen LogP contribution in [0.1, 0.15) is 35.5 Å². The number of fused-ring (bicyclic) bond motifs is 1. The van der Waals surface area contributed by atoms with E-state index in [9.17, 15) is 9.90 Å². The third kappa shape index (κ3) is 6.76. The lowest BCUT2D eigenvalue weighted by molar-refractivity contribution is 0.0324. The van der Waals surface area contributed by atoms with E-state index in [0.29, 0.717) is 43.2 Å². The van der Waals surface area contributed by atoms with Crippen molar-refractivity contribution < 1.29 is 14.6 Å². The Balaban J connectivity index is 1.89. The summed E-state index contributed by atoms with van der Waals surface area (Å²) in [7, 11) is 5.93. The number of rotatable bonds is 7. The van der Waals surface area contributed by atoms with Crippen molar-refractivity contribution in [3.05, 3.63) is 53.5 Å². The Labute approximate surface area is 202 Å². The summed E-state index contributed by atoms with van der Waals surface area (Å²) in [5.41, 5.74) is 2.02. The predicted molar refractivity (Wildman–Crippen MR) is 131 cm³/mol. The van der Waals surface area contributed by atoms with Gasteiger partial charge in [0.05, 0.1) is 24.9 Å². The second-order valence-electron chi connectivity index (χ2n) is 9.26. The molecule has 0 radical (unpaired) electrons. The van der Waals surface area contributed by atoms with Crippen molar-refractivity contribution in [3.63, 3.8) is 0 Å². The van der Waals surface area contributed by atoms with E-state index in [2.05, 4.69) is 33.6 Å². The first-order valence-electron chi connectivity index (χ1n) is 11.6. The SMILES string of the molecule is C[C@@H]1CN([C@H](C)CO)C(=O)c2cc(C#CCN(C)C)cnc2O[C@@H]1CN(C)Cc1ccccn1. The summed E-state index contributed by atoms with van der Waals surface area (Å²) < 4.78 is 6.35. The molecule has 0 bridgehead atoms. The number of likely N-dealkylation sites (N-methyl/N-ethyl adjacent to an activating group) is 1. The van der Waals surface area contributed by atoms with E-state index in [1.165, 1.54) is 0 Å². The molecule has 3 rings (SSSR count). The van der Waals surface area contributed by atoms with Gasteiger partial charge in [-0.05, 0) is 46.3 Å². The van der Waals surface area contributed by atoms with Gasteiger partial charge in [0, 0.05) is 43.5 Å². The minimum atomic E-state index is -0.323. The lowest BCUT2D eigenvalue weighted by Crippen LogP contribution is -2.49. The number of amides is 1. The minimum absolute atomic E-state index is 0.0265. The van der Waals surface area contributed by atoms with Crippen molar-refractivity contribution in [1.82, 2.24) is 24.7 Å². The van der Waals surface area contributed by atoms with Crippen molar-refractivity contribution in [3.8, 4) is 17.7 Å². The third-order valence-electron chi connectivity index (χ3n) is 5.80. The fourth-order valence-corrected chi connectivity index (χ4v) is 3.83. The maximum absolute atomic E-state index is 13.5. The summed E-state index contributed by atoms with van der Waals surface area (Å²) in [6.45, 7) is 6.20. The van der Waals surface area contributed by atoms with Gasteiger partial charge in [-0.25, -0.2) is 4.98 Å². The van der Waals surface area contributed by atoms with Crippen LogP contribution in [0.4, 0.5) is 0 Å². The van der Waals surface area contributed by atoms with Crippen LogP contribution in [0.25, 0.3) is 0 Å². The van der Waals surface area contributed by atoms with E-state index >= 15 is 0 Å². The van der Waals surface area contributed by atoms with Crippen LogP contribution in [-0.2, 0) is 6.54 Å². The number of carbonyl (C=O) groups excluding carboxylic acids is 1. The highest BCUT2D eigenvalue weighted by Gasteiger charge is 2.34. The van der Waals surface area contributed by atoms with E-state index in [-0.39, 0.29) is 30.6 Å². The van der Waals surface area contributed by atoms with E-state index in [4.69, 9.17) is 4.74 Å². The molecule has 0 aliphatic carbocycles. The number of aliphatic hydroxyl groups excluding tert-OH is 1. The molecule has 8 heteroatoms. The molecule has 0 unspecified atom stereocenters. The Morgan fingerprint density at radius 2 is 2.09 bits per heavy atom. The summed E-state index contributed by atoms with van der Waals surface area (Å²) in [6.07, 6.45) is 3.24. The molecule has 8 nitrogen and oxygen atoms in total. The summed E-state index contributed by atoms with van der Waals surface area (Å²) in [4.78, 5) is 28.2. The van der Waals surface area contributed by atoms with Crippen molar-refractivity contribution in [2.75, 3.05) is 47.4 Å². The molecule has 0 saturated heterocycles. The third-order valence-corrected chi connectivity index (χ3v) is 5.80. The van der Waals surface area contributed by atoms with E-state index in [1.807, 2.05) is 51.2 Å². The maximum atomic E-state index is 13.5. The number of pyridine rings is 2. The molecule has 1 aliphatic heterocycles. The smallest absolute Gasteiger partial charge is 0.259 e. The molecular weight excluding hydrogens is 430 g/mol. The first kappa shape index (κ1) is 25.6. The van der Waals surface area contributed by atoms with Gasteiger partial charge in [0.25, 0.3) is 5.91 Å². The zero-order valence-corrected chi connectivity index (χ0v) is 20.7. The molecule has 1 amide bonds. The molecule has 0 spiro atoms. The van der Waals surface area contributed by atoms with Crippen molar-refractivity contribution in [2.24, 2.45) is 5.92 Å². The summed E-state index contributed by atoms with van der Waals surface area (Å²) >= 11 is 0. The highest BCUT2D eigenvalue weighted by molar-refractivity contribution is 5.97. The Hall–Kier alpha value is -2.99. The molecular formula is C26H35N5O3. The molecule has 182 valence electrons. The minimum Gasteiger partial charge on any atom is -0.472 e. The van der Waals surface area contributed by atoms with Gasteiger partial charge in [-0.15, -0.1) is 0 Å². The number of aliphatic hydroxyl groups is 1. The molecule has 1 N–H and O–H groups in total. The zero-order valence-electron chi connectivity index (χ0n) is 20.7. The van der Waals surface area contributed by atoms with Gasteiger partial charge in [-0.2, -0.15) is 0 Å². The molecule has 2 aromatic rings. The topological polar surface area (TPSA) is 82.0 Å². The van der Waals surface area contributed by atoms with Crippen LogP contribution in [0, 0.1) is 17.8 Å². The molecule has 2 aromatic heterocycles. The van der Waals surface area contributed by atoms with E-state index in [0.717, 1.165) is 5.69 Å². The van der Waals surface area contributed by atoms with Crippen LogP contribution in [0.3, 0.4) is 0 Å². The van der Waals surface area contributed by atoms with Crippen LogP contribution in [0.5, 0.6) is 5.88 Å². The summed E-state index contributed by atoms with van der Waals surface area (Å²) in [5, 5.41) is 9.82. The molecule has 0 aromatic carbocycles. The maximum Gasteiger partial charge on any atom is 0.259 e. The second kappa shape index (κ2) is 11.9. The predicted octanol–water partition coefficient (Wildman–Crippen LogP) is 1.74. The quantitative estimate of drug-likeness (QED) is 0.624. The number of aromatic nitrogens is 2. The number of hydrogen-bond acceptors (Lipinski definition) is 7. The first-order valence-corrected chi connectivity index (χ1v) is 11.6. The number of nitrogens with zero attached hydrogens (tertiary/aromatic N) is 5. The standard InChI is InChI=1S/C26H35N5O3/c1-19-15-31(20(2)18-32)26(33)23-13-21(9-8-12-29(3)4)14-28-25(23)34-24(19)17-30(5)16-22-10-6-7-11-27-22/h6-7,10-11,13-14,19-20,24,32H,12,15-18H2,1-5H3/t19-,20-,24-/m1/s1. The van der Waals surface area contributed by atoms with Crippen LogP contribution >= 0.6 is 0 Å². The van der Waals surface area contributed by atoms with Crippen LogP contribution in [-0.4, -0.2) is 95.2 Å². The van der Waals surface area contributed by atoms with Gasteiger partial charge < -0.3 is 14.7 Å². The average Bonchev–Trinajstić information content (AvgIpc) is 2.81. The lowest BCUT2D eigenvalue weighted by Gasteiger charge is -2.37. The number of ether oxygens (including phenoxy) is 1. The normalized spacial score (nSPS) is 19.1. The largest absolute Gasteiger partial charge is 0.472 e. The molecule has 0 fully saturated rings. The molecule has 34 heavy (non-hydrogen) atoms. The monoisotopic (exact) mass is 465 g/mol. The van der Waals surface area contributed by atoms with Crippen molar-refractivity contribution in [1.29, 1.82) is 0 Å². The van der Waals surface area contributed by atoms with Gasteiger partial charge in [0.15, 0.2) is 0 Å². The Morgan fingerprint density at radius 1 is 1.29 bits per heavy atom. The van der Waals surface area contributed by atoms with Gasteiger partial charge in [0.2, 0.25) is 5.88 Å². The van der Waals surface area contributed by atoms with E-state index < -0.39 is 0 Å². The second-order valence-corrected chi connectivity index (χ2v) is 9.26. The number of carbonyl (C=O) groups is 1. The first-order chi connectivity index (χ1) is 16.3. The molecule has 3 atom stereocenters.